The highest BCUT2D eigenvalue weighted by atomic mass is 19.4. The number of carbonyl (C=O) groups excluding carboxylic acids is 2. The van der Waals surface area contributed by atoms with Crippen LogP contribution < -0.4 is 5.32 Å². The zero-order chi connectivity index (χ0) is 15.6. The molecule has 0 aromatic rings. The number of hydrogen-bond donors (Lipinski definition) is 1. The van der Waals surface area contributed by atoms with E-state index in [2.05, 4.69) is 0 Å². The topological polar surface area (TPSA) is 58.6 Å². The molecule has 1 saturated heterocycles. The summed E-state index contributed by atoms with van der Waals surface area (Å²) in [6.07, 6.45) is -6.00. The van der Waals surface area contributed by atoms with Gasteiger partial charge >= 0.3 is 18.0 Å². The molecule has 0 radical (unpaired) electrons. The Morgan fingerprint density at radius 2 is 1.65 bits per heavy atom. The maximum absolute atomic E-state index is 12.7. The van der Waals surface area contributed by atoms with Crippen LogP contribution in [-0.4, -0.2) is 61.2 Å². The fraction of sp³-hybridized carbons (Fsp3) is 0.800. The van der Waals surface area contributed by atoms with Gasteiger partial charge in [0, 0.05) is 13.1 Å². The summed E-state index contributed by atoms with van der Waals surface area (Å²) in [5, 5.41) is 1.38. The smallest absolute Gasteiger partial charge is 0.378 e. The molecule has 1 atom stereocenters. The summed E-state index contributed by atoms with van der Waals surface area (Å²) in [4.78, 5) is 23.9. The molecule has 2 amide bonds. The molecule has 0 spiro atoms. The summed E-state index contributed by atoms with van der Waals surface area (Å²) in [6, 6.07) is -1.48. The number of amides is 2. The molecule has 1 rings (SSSR count). The van der Waals surface area contributed by atoms with Crippen LogP contribution in [0.4, 0.5) is 22.0 Å². The summed E-state index contributed by atoms with van der Waals surface area (Å²) >= 11 is 0. The van der Waals surface area contributed by atoms with Crippen LogP contribution in [0.25, 0.3) is 0 Å². The summed E-state index contributed by atoms with van der Waals surface area (Å²) in [5.41, 5.74) is 0. The van der Waals surface area contributed by atoms with Crippen LogP contribution in [0, 0.1) is 0 Å². The zero-order valence-electron chi connectivity index (χ0n) is 10.5. The van der Waals surface area contributed by atoms with Gasteiger partial charge in [-0.05, 0) is 6.92 Å². The Bertz CT molecular complexity index is 380. The number of halogens is 5. The molecule has 1 fully saturated rings. The molecule has 10 heteroatoms. The Hall–Kier alpha value is -1.45. The van der Waals surface area contributed by atoms with E-state index >= 15 is 0 Å². The molecule has 0 bridgehead atoms. The van der Waals surface area contributed by atoms with E-state index in [-0.39, 0.29) is 26.3 Å². The highest BCUT2D eigenvalue weighted by molar-refractivity contribution is 5.90. The standard InChI is InChI=1S/C10H13F5N2O3/c1-6(7(18)17-2-4-20-5-3-17)16-8(19)9(11,12)10(13,14)15/h6H,2-5H2,1H3,(H,16,19). The molecule has 116 valence electrons. The van der Waals surface area contributed by atoms with E-state index in [1.165, 1.54) is 10.2 Å². The average Bonchev–Trinajstić information content (AvgIpc) is 2.37. The quantitative estimate of drug-likeness (QED) is 0.775. The Labute approximate surface area is 111 Å². The van der Waals surface area contributed by atoms with Gasteiger partial charge in [0.1, 0.15) is 6.04 Å². The number of alkyl halides is 5. The van der Waals surface area contributed by atoms with Crippen LogP contribution in [0.15, 0.2) is 0 Å². The number of nitrogens with zero attached hydrogens (tertiary/aromatic N) is 1. The van der Waals surface area contributed by atoms with Crippen LogP contribution in [0.3, 0.4) is 0 Å². The van der Waals surface area contributed by atoms with Crippen molar-refractivity contribution in [2.45, 2.75) is 25.1 Å². The molecule has 0 aromatic carbocycles. The first-order chi connectivity index (χ1) is 9.07. The lowest BCUT2D eigenvalue weighted by atomic mass is 10.2. The fourth-order valence-corrected chi connectivity index (χ4v) is 1.54. The van der Waals surface area contributed by atoms with Gasteiger partial charge in [0.25, 0.3) is 0 Å². The molecule has 1 aliphatic rings. The van der Waals surface area contributed by atoms with Crippen molar-refractivity contribution in [3.05, 3.63) is 0 Å². The van der Waals surface area contributed by atoms with Gasteiger partial charge in [-0.3, -0.25) is 9.59 Å². The van der Waals surface area contributed by atoms with E-state index in [1.54, 1.807) is 0 Å². The summed E-state index contributed by atoms with van der Waals surface area (Å²) < 4.78 is 66.3. The van der Waals surface area contributed by atoms with Crippen molar-refractivity contribution in [2.24, 2.45) is 0 Å². The van der Waals surface area contributed by atoms with Gasteiger partial charge in [0.05, 0.1) is 13.2 Å². The Morgan fingerprint density at radius 1 is 1.15 bits per heavy atom. The molecule has 20 heavy (non-hydrogen) atoms. The van der Waals surface area contributed by atoms with E-state index in [0.29, 0.717) is 0 Å². The lowest BCUT2D eigenvalue weighted by Crippen LogP contribution is -2.56. The molecular weight excluding hydrogens is 291 g/mol. The summed E-state index contributed by atoms with van der Waals surface area (Å²) in [5.74, 6) is -8.81. The monoisotopic (exact) mass is 304 g/mol. The maximum atomic E-state index is 12.7. The second kappa shape index (κ2) is 5.90. The normalized spacial score (nSPS) is 18.6. The van der Waals surface area contributed by atoms with E-state index in [1.807, 2.05) is 0 Å². The Morgan fingerprint density at radius 3 is 2.10 bits per heavy atom. The molecule has 1 unspecified atom stereocenters. The minimum atomic E-state index is -6.00. The summed E-state index contributed by atoms with van der Waals surface area (Å²) in [7, 11) is 0. The first-order valence-electron chi connectivity index (χ1n) is 5.69. The van der Waals surface area contributed by atoms with Crippen LogP contribution in [0.1, 0.15) is 6.92 Å². The van der Waals surface area contributed by atoms with Crippen molar-refractivity contribution in [3.63, 3.8) is 0 Å². The molecule has 1 N–H and O–H groups in total. The van der Waals surface area contributed by atoms with Crippen LogP contribution in [0.5, 0.6) is 0 Å². The first kappa shape index (κ1) is 16.6. The van der Waals surface area contributed by atoms with Gasteiger partial charge < -0.3 is 15.0 Å². The molecule has 5 nitrogen and oxygen atoms in total. The number of nitrogens with one attached hydrogen (secondary N) is 1. The van der Waals surface area contributed by atoms with Gasteiger partial charge in [-0.1, -0.05) is 0 Å². The van der Waals surface area contributed by atoms with Crippen LogP contribution in [0.2, 0.25) is 0 Å². The zero-order valence-corrected chi connectivity index (χ0v) is 10.5. The number of hydrogen-bond acceptors (Lipinski definition) is 3. The molecule has 0 aromatic heterocycles. The largest absolute Gasteiger partial charge is 0.463 e. The van der Waals surface area contributed by atoms with E-state index < -0.39 is 30.0 Å². The summed E-state index contributed by atoms with van der Waals surface area (Å²) in [6.45, 7) is 1.90. The minimum absolute atomic E-state index is 0.189. The second-order valence-corrected chi connectivity index (χ2v) is 4.20. The first-order valence-corrected chi connectivity index (χ1v) is 5.69. The Kier molecular flexibility index (Phi) is 4.90. The van der Waals surface area contributed by atoms with Gasteiger partial charge in [0.2, 0.25) is 5.91 Å². The highest BCUT2D eigenvalue weighted by Gasteiger charge is 2.63. The third-order valence-electron chi connectivity index (χ3n) is 2.68. The van der Waals surface area contributed by atoms with Crippen LogP contribution in [-0.2, 0) is 14.3 Å². The predicted octanol–water partition coefficient (Wildman–Crippen LogP) is 0.547. The maximum Gasteiger partial charge on any atom is 0.463 e. The Balaban J connectivity index is 2.63. The van der Waals surface area contributed by atoms with Gasteiger partial charge in [-0.15, -0.1) is 0 Å². The predicted molar refractivity (Wildman–Crippen MR) is 56.0 cm³/mol. The SMILES string of the molecule is CC(NC(=O)C(F)(F)C(F)(F)F)C(=O)N1CCOCC1. The third-order valence-corrected chi connectivity index (χ3v) is 2.68. The van der Waals surface area contributed by atoms with Gasteiger partial charge in [-0.2, -0.15) is 22.0 Å². The molecule has 1 heterocycles. The fourth-order valence-electron chi connectivity index (χ4n) is 1.54. The number of rotatable bonds is 3. The molecular formula is C10H13F5N2O3. The number of ether oxygens (including phenoxy) is 1. The molecule has 0 aliphatic carbocycles. The van der Waals surface area contributed by atoms with Gasteiger partial charge in [0.15, 0.2) is 0 Å². The minimum Gasteiger partial charge on any atom is -0.378 e. The molecule has 0 saturated carbocycles. The van der Waals surface area contributed by atoms with E-state index in [9.17, 15) is 31.5 Å². The van der Waals surface area contributed by atoms with Crippen molar-refractivity contribution < 1.29 is 36.3 Å². The lowest BCUT2D eigenvalue weighted by Gasteiger charge is -2.30. The average molecular weight is 304 g/mol. The van der Waals surface area contributed by atoms with Gasteiger partial charge in [-0.25, -0.2) is 0 Å². The van der Waals surface area contributed by atoms with Crippen molar-refractivity contribution in [3.8, 4) is 0 Å². The van der Waals surface area contributed by atoms with Crippen molar-refractivity contribution in [1.29, 1.82) is 0 Å². The van der Waals surface area contributed by atoms with E-state index in [0.717, 1.165) is 6.92 Å². The second-order valence-electron chi connectivity index (χ2n) is 4.20. The van der Waals surface area contributed by atoms with Crippen molar-refractivity contribution in [2.75, 3.05) is 26.3 Å². The third kappa shape index (κ3) is 3.56. The van der Waals surface area contributed by atoms with Crippen molar-refractivity contribution >= 4 is 11.8 Å². The number of carbonyl (C=O) groups is 2. The van der Waals surface area contributed by atoms with Crippen LogP contribution >= 0.6 is 0 Å². The lowest BCUT2D eigenvalue weighted by molar-refractivity contribution is -0.270. The van der Waals surface area contributed by atoms with E-state index in [4.69, 9.17) is 4.74 Å². The van der Waals surface area contributed by atoms with Crippen molar-refractivity contribution in [1.82, 2.24) is 10.2 Å². The molecule has 1 aliphatic heterocycles. The highest BCUT2D eigenvalue weighted by Crippen LogP contribution is 2.35. The number of morpholine rings is 1.